The van der Waals surface area contributed by atoms with Crippen LogP contribution in [-0.2, 0) is 11.3 Å². The van der Waals surface area contributed by atoms with Crippen molar-refractivity contribution in [2.45, 2.75) is 25.5 Å². The number of thiophene rings is 1. The average molecular weight is 342 g/mol. The Balaban J connectivity index is 1.60. The maximum atomic E-state index is 5.80. The standard InChI is InChI=1S/C17H18N4O2S/c1-3-14(22-6-1)11-21(10-13-5-7-23-20-13)17-9-15(18-12-19-17)16-4-2-8-24-16/h2,4-5,7-9,12,14H,1,3,6,10-11H2/t14-/m0/s1. The van der Waals surface area contributed by atoms with Crippen LogP contribution in [0.25, 0.3) is 10.6 Å². The van der Waals surface area contributed by atoms with Crippen LogP contribution in [0.2, 0.25) is 0 Å². The third-order valence-corrected chi connectivity index (χ3v) is 4.93. The molecule has 0 N–H and O–H groups in total. The summed E-state index contributed by atoms with van der Waals surface area (Å²) < 4.78 is 10.8. The molecule has 1 aliphatic heterocycles. The summed E-state index contributed by atoms with van der Waals surface area (Å²) in [6, 6.07) is 8.00. The average Bonchev–Trinajstić information content (AvgIpc) is 3.37. The number of anilines is 1. The first-order chi connectivity index (χ1) is 11.9. The third kappa shape index (κ3) is 3.47. The zero-order chi connectivity index (χ0) is 16.2. The van der Waals surface area contributed by atoms with Crippen LogP contribution in [0.3, 0.4) is 0 Å². The molecule has 124 valence electrons. The molecule has 1 saturated heterocycles. The Kier molecular flexibility index (Phi) is 4.53. The topological polar surface area (TPSA) is 64.3 Å². The number of hydrogen-bond acceptors (Lipinski definition) is 7. The summed E-state index contributed by atoms with van der Waals surface area (Å²) in [7, 11) is 0. The summed E-state index contributed by atoms with van der Waals surface area (Å²) in [5.41, 5.74) is 1.82. The van der Waals surface area contributed by atoms with Gasteiger partial charge in [-0.3, -0.25) is 0 Å². The largest absolute Gasteiger partial charge is 0.376 e. The van der Waals surface area contributed by atoms with Crippen molar-refractivity contribution >= 4 is 17.2 Å². The maximum Gasteiger partial charge on any atom is 0.133 e. The molecule has 0 radical (unpaired) electrons. The lowest BCUT2D eigenvalue weighted by atomic mass is 10.2. The smallest absolute Gasteiger partial charge is 0.133 e. The summed E-state index contributed by atoms with van der Waals surface area (Å²) >= 11 is 1.67. The molecule has 4 heterocycles. The lowest BCUT2D eigenvalue weighted by molar-refractivity contribution is 0.115. The van der Waals surface area contributed by atoms with Gasteiger partial charge in [-0.1, -0.05) is 11.2 Å². The molecule has 0 unspecified atom stereocenters. The van der Waals surface area contributed by atoms with Crippen LogP contribution >= 0.6 is 11.3 Å². The van der Waals surface area contributed by atoms with Crippen molar-refractivity contribution in [3.05, 3.63) is 47.9 Å². The fourth-order valence-corrected chi connectivity index (χ4v) is 3.56. The summed E-state index contributed by atoms with van der Waals surface area (Å²) in [5, 5.41) is 6.08. The molecule has 0 saturated carbocycles. The highest BCUT2D eigenvalue weighted by Crippen LogP contribution is 2.26. The van der Waals surface area contributed by atoms with Crippen LogP contribution in [-0.4, -0.2) is 34.4 Å². The second-order valence-electron chi connectivity index (χ2n) is 5.75. The number of hydrogen-bond donors (Lipinski definition) is 0. The molecule has 24 heavy (non-hydrogen) atoms. The van der Waals surface area contributed by atoms with Crippen LogP contribution in [0.1, 0.15) is 18.5 Å². The Morgan fingerprint density at radius 1 is 1.29 bits per heavy atom. The predicted molar refractivity (Wildman–Crippen MR) is 91.9 cm³/mol. The first kappa shape index (κ1) is 15.3. The Morgan fingerprint density at radius 2 is 2.29 bits per heavy atom. The van der Waals surface area contributed by atoms with E-state index in [1.165, 1.54) is 0 Å². The van der Waals surface area contributed by atoms with Gasteiger partial charge in [0.25, 0.3) is 0 Å². The molecule has 0 aliphatic carbocycles. The van der Waals surface area contributed by atoms with Gasteiger partial charge in [-0.25, -0.2) is 9.97 Å². The summed E-state index contributed by atoms with van der Waals surface area (Å²) in [4.78, 5) is 12.2. The second-order valence-corrected chi connectivity index (χ2v) is 6.69. The SMILES string of the molecule is c1csc(-c2cc(N(Cc3ccon3)C[C@@H]3CCCO3)ncn2)c1. The van der Waals surface area contributed by atoms with Gasteiger partial charge >= 0.3 is 0 Å². The van der Waals surface area contributed by atoms with E-state index in [-0.39, 0.29) is 6.10 Å². The van der Waals surface area contributed by atoms with E-state index in [4.69, 9.17) is 9.26 Å². The molecule has 3 aromatic heterocycles. The minimum absolute atomic E-state index is 0.233. The quantitative estimate of drug-likeness (QED) is 0.684. The van der Waals surface area contributed by atoms with Crippen LogP contribution in [0.5, 0.6) is 0 Å². The van der Waals surface area contributed by atoms with Gasteiger partial charge in [0.05, 0.1) is 23.2 Å². The van der Waals surface area contributed by atoms with Crippen molar-refractivity contribution in [3.63, 3.8) is 0 Å². The predicted octanol–water partition coefficient (Wildman–Crippen LogP) is 3.38. The molecule has 6 nitrogen and oxygen atoms in total. The Labute approximate surface area is 144 Å². The van der Waals surface area contributed by atoms with E-state index in [0.29, 0.717) is 6.54 Å². The normalized spacial score (nSPS) is 17.2. The molecule has 7 heteroatoms. The molecule has 1 atom stereocenters. The van der Waals surface area contributed by atoms with Crippen LogP contribution < -0.4 is 4.90 Å². The molecule has 0 amide bonds. The molecule has 1 fully saturated rings. The number of ether oxygens (including phenoxy) is 1. The zero-order valence-corrected chi connectivity index (χ0v) is 14.0. The number of nitrogens with zero attached hydrogens (tertiary/aromatic N) is 4. The monoisotopic (exact) mass is 342 g/mol. The minimum Gasteiger partial charge on any atom is -0.376 e. The van der Waals surface area contributed by atoms with Crippen molar-refractivity contribution in [1.29, 1.82) is 0 Å². The molecule has 0 aromatic carbocycles. The molecule has 0 spiro atoms. The fraction of sp³-hybridized carbons (Fsp3) is 0.353. The van der Waals surface area contributed by atoms with E-state index in [1.807, 2.05) is 18.2 Å². The van der Waals surface area contributed by atoms with Gasteiger partial charge in [0.15, 0.2) is 0 Å². The highest BCUT2D eigenvalue weighted by atomic mass is 32.1. The van der Waals surface area contributed by atoms with E-state index < -0.39 is 0 Å². The van der Waals surface area contributed by atoms with Crippen LogP contribution in [0.15, 0.2) is 46.8 Å². The Bertz CT molecular complexity index is 755. The van der Waals surface area contributed by atoms with E-state index in [1.54, 1.807) is 23.9 Å². The Hall–Kier alpha value is -2.25. The minimum atomic E-state index is 0.233. The van der Waals surface area contributed by atoms with E-state index in [0.717, 1.165) is 48.1 Å². The van der Waals surface area contributed by atoms with Crippen molar-refractivity contribution < 1.29 is 9.26 Å². The van der Waals surface area contributed by atoms with E-state index >= 15 is 0 Å². The first-order valence-corrected chi connectivity index (χ1v) is 8.88. The van der Waals surface area contributed by atoms with Gasteiger partial charge in [0, 0.05) is 25.3 Å². The van der Waals surface area contributed by atoms with Gasteiger partial charge in [0.1, 0.15) is 24.1 Å². The van der Waals surface area contributed by atoms with Gasteiger partial charge < -0.3 is 14.2 Å². The number of rotatable bonds is 6. The van der Waals surface area contributed by atoms with Crippen LogP contribution in [0, 0.1) is 0 Å². The lowest BCUT2D eigenvalue weighted by Crippen LogP contribution is -2.32. The van der Waals surface area contributed by atoms with Gasteiger partial charge in [0.2, 0.25) is 0 Å². The highest BCUT2D eigenvalue weighted by molar-refractivity contribution is 7.13. The molecule has 3 aromatic rings. The fourth-order valence-electron chi connectivity index (χ4n) is 2.87. The summed E-state index contributed by atoms with van der Waals surface area (Å²) in [6.45, 7) is 2.26. The summed E-state index contributed by atoms with van der Waals surface area (Å²) in [6.07, 6.45) is 5.65. The zero-order valence-electron chi connectivity index (χ0n) is 13.2. The molecule has 4 rings (SSSR count). The van der Waals surface area contributed by atoms with E-state index in [2.05, 4.69) is 31.5 Å². The number of aromatic nitrogens is 3. The molecular weight excluding hydrogens is 324 g/mol. The molecule has 1 aliphatic rings. The van der Waals surface area contributed by atoms with Gasteiger partial charge in [-0.15, -0.1) is 11.3 Å². The Morgan fingerprint density at radius 3 is 3.04 bits per heavy atom. The first-order valence-electron chi connectivity index (χ1n) is 8.00. The maximum absolute atomic E-state index is 5.80. The van der Waals surface area contributed by atoms with Gasteiger partial charge in [-0.2, -0.15) is 0 Å². The second kappa shape index (κ2) is 7.11. The molecular formula is C17H18N4O2S. The van der Waals surface area contributed by atoms with Crippen molar-refractivity contribution in [1.82, 2.24) is 15.1 Å². The third-order valence-electron chi connectivity index (χ3n) is 4.04. The van der Waals surface area contributed by atoms with Crippen LogP contribution in [0.4, 0.5) is 5.82 Å². The highest BCUT2D eigenvalue weighted by Gasteiger charge is 2.21. The summed E-state index contributed by atoms with van der Waals surface area (Å²) in [5.74, 6) is 0.881. The van der Waals surface area contributed by atoms with Gasteiger partial charge in [-0.05, 0) is 24.3 Å². The lowest BCUT2D eigenvalue weighted by Gasteiger charge is -2.25. The van der Waals surface area contributed by atoms with E-state index in [9.17, 15) is 0 Å². The van der Waals surface area contributed by atoms with Crippen molar-refractivity contribution in [3.8, 4) is 10.6 Å². The van der Waals surface area contributed by atoms with Crippen molar-refractivity contribution in [2.75, 3.05) is 18.1 Å². The molecule has 0 bridgehead atoms. The van der Waals surface area contributed by atoms with Crippen molar-refractivity contribution in [2.24, 2.45) is 0 Å².